The molecule has 0 aromatic heterocycles. The zero-order valence-corrected chi connectivity index (χ0v) is 11.8. The number of hydrogen-bond donors (Lipinski definition) is 2. The Hall–Kier alpha value is -1.58. The normalized spacial score (nSPS) is 19.9. The molecule has 3 N–H and O–H groups in total. The van der Waals surface area contributed by atoms with E-state index in [-0.39, 0.29) is 12.3 Å². The average molecular weight is 334 g/mol. The Morgan fingerprint density at radius 1 is 1.27 bits per heavy atom. The quantitative estimate of drug-likeness (QED) is 0.775. The van der Waals surface area contributed by atoms with Crippen molar-refractivity contribution in [2.75, 3.05) is 19.7 Å². The van der Waals surface area contributed by atoms with E-state index in [9.17, 15) is 31.4 Å². The van der Waals surface area contributed by atoms with E-state index in [1.54, 1.807) is 0 Å². The molecular weight excluding hydrogens is 318 g/mol. The first-order valence-corrected chi connectivity index (χ1v) is 6.24. The molecular formula is C12H16F6N2O2. The summed E-state index contributed by atoms with van der Waals surface area (Å²) in [6, 6.07) is 0. The van der Waals surface area contributed by atoms with Gasteiger partial charge in [-0.1, -0.05) is 0 Å². The van der Waals surface area contributed by atoms with Crippen molar-refractivity contribution in [1.29, 1.82) is 0 Å². The number of aliphatic hydroxyl groups is 1. The predicted molar refractivity (Wildman–Crippen MR) is 65.2 cm³/mol. The third kappa shape index (κ3) is 3.99. The Morgan fingerprint density at radius 2 is 1.82 bits per heavy atom. The summed E-state index contributed by atoms with van der Waals surface area (Å²) >= 11 is 0. The molecule has 0 radical (unpaired) electrons. The van der Waals surface area contributed by atoms with Crippen LogP contribution in [0.2, 0.25) is 0 Å². The minimum absolute atomic E-state index is 0.187. The van der Waals surface area contributed by atoms with Crippen LogP contribution in [0, 0.1) is 0 Å². The highest BCUT2D eigenvalue weighted by Crippen LogP contribution is 2.37. The number of allylic oxidation sites excluding steroid dienone is 2. The van der Waals surface area contributed by atoms with Crippen molar-refractivity contribution in [3.8, 4) is 0 Å². The first-order valence-electron chi connectivity index (χ1n) is 6.24. The number of rotatable bonds is 4. The first-order chi connectivity index (χ1) is 9.79. The molecule has 0 amide bonds. The molecule has 1 rings (SSSR count). The van der Waals surface area contributed by atoms with Gasteiger partial charge >= 0.3 is 12.4 Å². The highest BCUT2D eigenvalue weighted by molar-refractivity contribution is 5.34. The van der Waals surface area contributed by atoms with E-state index in [1.807, 2.05) is 0 Å². The SMILES string of the molecule is CCOC1=C(C(F)(F)F)C=C(N)CN1C[C@](C)(O)C(F)(F)F. The van der Waals surface area contributed by atoms with Crippen LogP contribution < -0.4 is 5.73 Å². The van der Waals surface area contributed by atoms with Gasteiger partial charge < -0.3 is 20.5 Å². The fourth-order valence-corrected chi connectivity index (χ4v) is 1.85. The molecule has 0 saturated carbocycles. The summed E-state index contributed by atoms with van der Waals surface area (Å²) in [6.45, 7) is 0.121. The molecule has 0 spiro atoms. The summed E-state index contributed by atoms with van der Waals surface area (Å²) in [5, 5.41) is 9.48. The standard InChI is InChI=1S/C12H16F6N2O2/c1-3-22-9-8(11(13,14)15)4-7(19)5-20(9)6-10(2,21)12(16,17)18/h4,21H,3,5-6,19H2,1-2H3/t10-/m0/s1. The van der Waals surface area contributed by atoms with Gasteiger partial charge in [-0.15, -0.1) is 0 Å². The number of halogens is 6. The first kappa shape index (κ1) is 18.5. The van der Waals surface area contributed by atoms with E-state index in [0.29, 0.717) is 17.9 Å². The average Bonchev–Trinajstić information content (AvgIpc) is 2.29. The van der Waals surface area contributed by atoms with Crippen molar-refractivity contribution in [2.45, 2.75) is 31.8 Å². The summed E-state index contributed by atoms with van der Waals surface area (Å²) in [7, 11) is 0. The van der Waals surface area contributed by atoms with Gasteiger partial charge in [0.2, 0.25) is 5.88 Å². The topological polar surface area (TPSA) is 58.7 Å². The monoisotopic (exact) mass is 334 g/mol. The van der Waals surface area contributed by atoms with Crippen LogP contribution in [-0.4, -0.2) is 47.7 Å². The van der Waals surface area contributed by atoms with Crippen LogP contribution in [0.15, 0.2) is 23.2 Å². The molecule has 10 heteroatoms. The van der Waals surface area contributed by atoms with Gasteiger partial charge in [-0.2, -0.15) is 26.3 Å². The third-order valence-corrected chi connectivity index (χ3v) is 2.92. The maximum atomic E-state index is 13.0. The molecule has 22 heavy (non-hydrogen) atoms. The van der Waals surface area contributed by atoms with Crippen LogP contribution in [0.4, 0.5) is 26.3 Å². The summed E-state index contributed by atoms with van der Waals surface area (Å²) < 4.78 is 82.0. The van der Waals surface area contributed by atoms with Gasteiger partial charge in [-0.3, -0.25) is 0 Å². The second-order valence-electron chi connectivity index (χ2n) is 5.00. The Morgan fingerprint density at radius 3 is 2.23 bits per heavy atom. The second-order valence-corrected chi connectivity index (χ2v) is 5.00. The minimum atomic E-state index is -5.02. The van der Waals surface area contributed by atoms with E-state index < -0.39 is 42.5 Å². The maximum absolute atomic E-state index is 13.0. The lowest BCUT2D eigenvalue weighted by Gasteiger charge is -2.37. The number of ether oxygens (including phenoxy) is 1. The van der Waals surface area contributed by atoms with Crippen LogP contribution in [0.3, 0.4) is 0 Å². The smallest absolute Gasteiger partial charge is 0.421 e. The number of nitrogens with two attached hydrogens (primary N) is 1. The number of β-amino-alcohol motifs (C(OH)–C–C–N with tert-alkyl or cyclic N) is 1. The molecule has 0 bridgehead atoms. The molecule has 4 nitrogen and oxygen atoms in total. The minimum Gasteiger partial charge on any atom is -0.479 e. The Bertz CT molecular complexity index is 479. The van der Waals surface area contributed by atoms with Gasteiger partial charge in [0.25, 0.3) is 0 Å². The van der Waals surface area contributed by atoms with Crippen molar-refractivity contribution in [3.63, 3.8) is 0 Å². The molecule has 1 aliphatic rings. The molecule has 0 aliphatic carbocycles. The second kappa shape index (κ2) is 5.90. The Balaban J connectivity index is 3.24. The molecule has 128 valence electrons. The number of alkyl halides is 6. The van der Waals surface area contributed by atoms with Crippen molar-refractivity contribution in [1.82, 2.24) is 4.90 Å². The molecule has 0 aromatic carbocycles. The molecule has 1 heterocycles. The van der Waals surface area contributed by atoms with Crippen molar-refractivity contribution in [3.05, 3.63) is 23.2 Å². The lowest BCUT2D eigenvalue weighted by molar-refractivity contribution is -0.257. The Kier molecular flexibility index (Phi) is 4.95. The molecule has 1 aliphatic heterocycles. The van der Waals surface area contributed by atoms with E-state index in [4.69, 9.17) is 10.5 Å². The van der Waals surface area contributed by atoms with Crippen LogP contribution in [0.1, 0.15) is 13.8 Å². The summed E-state index contributed by atoms with van der Waals surface area (Å²) in [5.41, 5.74) is 0.582. The fraction of sp³-hybridized carbons (Fsp3) is 0.667. The molecule has 1 atom stereocenters. The maximum Gasteiger partial charge on any atom is 0.421 e. The summed E-state index contributed by atoms with van der Waals surface area (Å²) in [5.74, 6) is -0.784. The third-order valence-electron chi connectivity index (χ3n) is 2.92. The molecule has 0 unspecified atom stereocenters. The number of hydrogen-bond acceptors (Lipinski definition) is 4. The summed E-state index contributed by atoms with van der Waals surface area (Å²) in [4.78, 5) is 0.634. The van der Waals surface area contributed by atoms with Gasteiger partial charge in [-0.25, -0.2) is 0 Å². The van der Waals surface area contributed by atoms with Gasteiger partial charge in [0.05, 0.1) is 19.7 Å². The van der Waals surface area contributed by atoms with E-state index in [2.05, 4.69) is 0 Å². The number of nitrogens with zero attached hydrogens (tertiary/aromatic N) is 1. The molecule has 0 saturated heterocycles. The van der Waals surface area contributed by atoms with Gasteiger partial charge in [0.15, 0.2) is 5.60 Å². The molecule has 0 fully saturated rings. The largest absolute Gasteiger partial charge is 0.479 e. The zero-order chi connectivity index (χ0) is 17.3. The molecule has 0 aromatic rings. The lowest BCUT2D eigenvalue weighted by Crippen LogP contribution is -2.52. The van der Waals surface area contributed by atoms with Gasteiger partial charge in [0, 0.05) is 5.70 Å². The van der Waals surface area contributed by atoms with Crippen molar-refractivity contribution >= 4 is 0 Å². The Labute approximate surface area is 122 Å². The van der Waals surface area contributed by atoms with Crippen molar-refractivity contribution < 1.29 is 36.2 Å². The van der Waals surface area contributed by atoms with E-state index in [1.165, 1.54) is 6.92 Å². The van der Waals surface area contributed by atoms with Crippen molar-refractivity contribution in [2.24, 2.45) is 5.73 Å². The van der Waals surface area contributed by atoms with E-state index in [0.717, 1.165) is 0 Å². The highest BCUT2D eigenvalue weighted by atomic mass is 19.4. The van der Waals surface area contributed by atoms with E-state index >= 15 is 0 Å². The predicted octanol–water partition coefficient (Wildman–Crippen LogP) is 2.27. The van der Waals surface area contributed by atoms with Crippen LogP contribution in [0.5, 0.6) is 0 Å². The van der Waals surface area contributed by atoms with Crippen LogP contribution in [-0.2, 0) is 4.74 Å². The summed E-state index contributed by atoms with van der Waals surface area (Å²) in [6.07, 6.45) is -9.25. The van der Waals surface area contributed by atoms with Crippen LogP contribution >= 0.6 is 0 Å². The van der Waals surface area contributed by atoms with Crippen LogP contribution in [0.25, 0.3) is 0 Å². The van der Waals surface area contributed by atoms with Gasteiger partial charge in [0.1, 0.15) is 5.57 Å². The highest BCUT2D eigenvalue weighted by Gasteiger charge is 2.52. The lowest BCUT2D eigenvalue weighted by atomic mass is 10.0. The fourth-order valence-electron chi connectivity index (χ4n) is 1.85. The zero-order valence-electron chi connectivity index (χ0n) is 11.8. The van der Waals surface area contributed by atoms with Gasteiger partial charge in [-0.05, 0) is 19.9 Å².